The van der Waals surface area contributed by atoms with Crippen molar-refractivity contribution in [3.63, 3.8) is 0 Å². The summed E-state index contributed by atoms with van der Waals surface area (Å²) < 4.78 is 7.15. The fourth-order valence-corrected chi connectivity index (χ4v) is 2.36. The third-order valence-electron chi connectivity index (χ3n) is 2.38. The molecule has 2 heterocycles. The molecular formula is C12H16N2O2S. The highest BCUT2D eigenvalue weighted by Gasteiger charge is 2.10. The molecule has 1 N–H and O–H groups in total. The van der Waals surface area contributed by atoms with Gasteiger partial charge in [-0.05, 0) is 18.4 Å². The monoisotopic (exact) mass is 252 g/mol. The van der Waals surface area contributed by atoms with E-state index in [1.165, 1.54) is 0 Å². The van der Waals surface area contributed by atoms with E-state index in [2.05, 4.69) is 4.98 Å². The van der Waals surface area contributed by atoms with Crippen molar-refractivity contribution in [1.82, 2.24) is 9.55 Å². The zero-order valence-corrected chi connectivity index (χ0v) is 10.6. The van der Waals surface area contributed by atoms with Crippen molar-refractivity contribution in [3.05, 3.63) is 29.9 Å². The number of aliphatic hydroxyl groups is 1. The largest absolute Gasteiger partial charge is 0.389 e. The van der Waals surface area contributed by atoms with Crippen molar-refractivity contribution in [3.8, 4) is 10.7 Å². The Kier molecular flexibility index (Phi) is 4.30. The topological polar surface area (TPSA) is 47.3 Å². The van der Waals surface area contributed by atoms with Crippen molar-refractivity contribution >= 4 is 11.3 Å². The number of ether oxygens (including phenoxy) is 1. The number of thiophene rings is 1. The van der Waals surface area contributed by atoms with E-state index in [4.69, 9.17) is 4.74 Å². The summed E-state index contributed by atoms with van der Waals surface area (Å²) >= 11 is 1.64. The second kappa shape index (κ2) is 5.95. The zero-order chi connectivity index (χ0) is 12.1. The molecule has 2 rings (SSSR count). The van der Waals surface area contributed by atoms with Crippen LogP contribution in [0.2, 0.25) is 0 Å². The van der Waals surface area contributed by atoms with Crippen LogP contribution in [0.3, 0.4) is 0 Å². The first kappa shape index (κ1) is 12.3. The van der Waals surface area contributed by atoms with Crippen LogP contribution in [0.5, 0.6) is 0 Å². The summed E-state index contributed by atoms with van der Waals surface area (Å²) in [6.07, 6.45) is 3.13. The van der Waals surface area contributed by atoms with Gasteiger partial charge in [0, 0.05) is 19.0 Å². The van der Waals surface area contributed by atoms with Gasteiger partial charge in [0.05, 0.1) is 24.1 Å². The highest BCUT2D eigenvalue weighted by molar-refractivity contribution is 7.13. The summed E-state index contributed by atoms with van der Waals surface area (Å²) in [4.78, 5) is 5.42. The molecule has 2 aromatic rings. The minimum atomic E-state index is -0.497. The second-order valence-electron chi connectivity index (χ2n) is 3.69. The summed E-state index contributed by atoms with van der Waals surface area (Å²) in [5, 5.41) is 11.8. The average Bonchev–Trinajstić information content (AvgIpc) is 2.95. The summed E-state index contributed by atoms with van der Waals surface area (Å²) in [6, 6.07) is 4.02. The van der Waals surface area contributed by atoms with Gasteiger partial charge in [-0.15, -0.1) is 11.3 Å². The first-order chi connectivity index (χ1) is 8.31. The van der Waals surface area contributed by atoms with Crippen LogP contribution in [0.4, 0.5) is 0 Å². The summed E-state index contributed by atoms with van der Waals surface area (Å²) in [6.45, 7) is 3.41. The van der Waals surface area contributed by atoms with Crippen LogP contribution in [0.25, 0.3) is 10.7 Å². The summed E-state index contributed by atoms with van der Waals surface area (Å²) in [5.74, 6) is 0.899. The van der Waals surface area contributed by atoms with Gasteiger partial charge in [0.15, 0.2) is 0 Å². The third kappa shape index (κ3) is 3.15. The molecule has 1 atom stereocenters. The lowest BCUT2D eigenvalue weighted by Gasteiger charge is -2.12. The van der Waals surface area contributed by atoms with Crippen molar-refractivity contribution in [2.24, 2.45) is 0 Å². The molecule has 0 aromatic carbocycles. The Bertz CT molecular complexity index is 439. The Morgan fingerprint density at radius 2 is 2.47 bits per heavy atom. The Labute approximate surface area is 105 Å². The van der Waals surface area contributed by atoms with E-state index in [0.29, 0.717) is 19.8 Å². The average molecular weight is 252 g/mol. The predicted molar refractivity (Wildman–Crippen MR) is 68.0 cm³/mol. The lowest BCUT2D eigenvalue weighted by Crippen LogP contribution is -2.22. The lowest BCUT2D eigenvalue weighted by molar-refractivity contribution is 0.0337. The van der Waals surface area contributed by atoms with Crippen LogP contribution in [0.1, 0.15) is 6.92 Å². The molecule has 0 spiro atoms. The van der Waals surface area contributed by atoms with E-state index >= 15 is 0 Å². The van der Waals surface area contributed by atoms with Gasteiger partial charge in [-0.2, -0.15) is 0 Å². The van der Waals surface area contributed by atoms with Crippen LogP contribution in [0.15, 0.2) is 29.9 Å². The van der Waals surface area contributed by atoms with Crippen LogP contribution >= 0.6 is 11.3 Å². The molecule has 0 radical (unpaired) electrons. The summed E-state index contributed by atoms with van der Waals surface area (Å²) in [5.41, 5.74) is 0. The number of hydrogen-bond acceptors (Lipinski definition) is 4. The number of nitrogens with zero attached hydrogens (tertiary/aromatic N) is 2. The quantitative estimate of drug-likeness (QED) is 0.855. The second-order valence-corrected chi connectivity index (χ2v) is 4.64. The molecule has 0 fully saturated rings. The maximum absolute atomic E-state index is 9.80. The highest BCUT2D eigenvalue weighted by Crippen LogP contribution is 2.22. The lowest BCUT2D eigenvalue weighted by atomic mass is 10.3. The van der Waals surface area contributed by atoms with E-state index in [0.717, 1.165) is 10.7 Å². The Balaban J connectivity index is 2.04. The van der Waals surface area contributed by atoms with E-state index in [1.54, 1.807) is 17.5 Å². The number of aromatic nitrogens is 2. The summed E-state index contributed by atoms with van der Waals surface area (Å²) in [7, 11) is 0. The van der Waals surface area contributed by atoms with Crippen molar-refractivity contribution in [2.45, 2.75) is 19.6 Å². The van der Waals surface area contributed by atoms with Crippen LogP contribution in [-0.2, 0) is 11.3 Å². The molecule has 1 unspecified atom stereocenters. The molecule has 0 aliphatic rings. The van der Waals surface area contributed by atoms with E-state index in [-0.39, 0.29) is 0 Å². The molecule has 2 aromatic heterocycles. The standard InChI is InChI=1S/C12H16N2O2S/c1-2-16-9-10(15)8-14-6-5-13-12(14)11-4-3-7-17-11/h3-7,10,15H,2,8-9H2,1H3. The number of aliphatic hydroxyl groups excluding tert-OH is 1. The van der Waals surface area contributed by atoms with Gasteiger partial charge in [0.2, 0.25) is 0 Å². The van der Waals surface area contributed by atoms with Gasteiger partial charge in [0.1, 0.15) is 5.82 Å². The van der Waals surface area contributed by atoms with Crippen molar-refractivity contribution in [2.75, 3.05) is 13.2 Å². The molecule has 0 saturated carbocycles. The maximum atomic E-state index is 9.80. The highest BCUT2D eigenvalue weighted by atomic mass is 32.1. The molecule has 17 heavy (non-hydrogen) atoms. The zero-order valence-electron chi connectivity index (χ0n) is 9.74. The first-order valence-electron chi connectivity index (χ1n) is 5.62. The van der Waals surface area contributed by atoms with E-state index in [9.17, 15) is 5.11 Å². The first-order valence-corrected chi connectivity index (χ1v) is 6.50. The number of hydrogen-bond donors (Lipinski definition) is 1. The van der Waals surface area contributed by atoms with Gasteiger partial charge in [-0.25, -0.2) is 4.98 Å². The molecule has 0 amide bonds. The molecule has 92 valence electrons. The molecule has 0 aliphatic carbocycles. The number of imidazole rings is 1. The van der Waals surface area contributed by atoms with Gasteiger partial charge in [-0.3, -0.25) is 0 Å². The van der Waals surface area contributed by atoms with Crippen LogP contribution in [-0.4, -0.2) is 34.0 Å². The molecular weight excluding hydrogens is 236 g/mol. The molecule has 0 saturated heterocycles. The minimum absolute atomic E-state index is 0.360. The van der Waals surface area contributed by atoms with Crippen molar-refractivity contribution < 1.29 is 9.84 Å². The minimum Gasteiger partial charge on any atom is -0.389 e. The van der Waals surface area contributed by atoms with Crippen LogP contribution in [0, 0.1) is 0 Å². The SMILES string of the molecule is CCOCC(O)Cn1ccnc1-c1cccs1. The van der Waals surface area contributed by atoms with Gasteiger partial charge in [0.25, 0.3) is 0 Å². The third-order valence-corrected chi connectivity index (χ3v) is 3.24. The Hall–Kier alpha value is -1.17. The van der Waals surface area contributed by atoms with Gasteiger partial charge < -0.3 is 14.4 Å². The number of rotatable bonds is 6. The van der Waals surface area contributed by atoms with Crippen molar-refractivity contribution in [1.29, 1.82) is 0 Å². The van der Waals surface area contributed by atoms with Gasteiger partial charge >= 0.3 is 0 Å². The molecule has 5 heteroatoms. The maximum Gasteiger partial charge on any atom is 0.150 e. The Morgan fingerprint density at radius 1 is 1.59 bits per heavy atom. The Morgan fingerprint density at radius 3 is 3.18 bits per heavy atom. The van der Waals surface area contributed by atoms with Crippen LogP contribution < -0.4 is 0 Å². The molecule has 4 nitrogen and oxygen atoms in total. The van der Waals surface area contributed by atoms with E-state index in [1.807, 2.05) is 35.2 Å². The molecule has 0 aliphatic heterocycles. The predicted octanol–water partition coefficient (Wildman–Crippen LogP) is 2.01. The normalized spacial score (nSPS) is 12.8. The fraction of sp³-hybridized carbons (Fsp3) is 0.417. The fourth-order valence-electron chi connectivity index (χ4n) is 1.62. The molecule has 0 bridgehead atoms. The van der Waals surface area contributed by atoms with Gasteiger partial charge in [-0.1, -0.05) is 6.07 Å². The smallest absolute Gasteiger partial charge is 0.150 e. The van der Waals surface area contributed by atoms with E-state index < -0.39 is 6.10 Å².